The number of hydrogen-bond acceptors (Lipinski definition) is 5. The van der Waals surface area contributed by atoms with Crippen molar-refractivity contribution in [2.24, 2.45) is 0 Å². The van der Waals surface area contributed by atoms with Gasteiger partial charge in [-0.3, -0.25) is 19.4 Å². The van der Waals surface area contributed by atoms with Crippen LogP contribution in [-0.2, 0) is 16.1 Å². The van der Waals surface area contributed by atoms with E-state index in [1.54, 1.807) is 17.0 Å². The number of piperazine rings is 1. The first-order valence-electron chi connectivity index (χ1n) is 10.8. The summed E-state index contributed by atoms with van der Waals surface area (Å²) in [5, 5.41) is 3.39. The molecule has 32 heavy (non-hydrogen) atoms. The summed E-state index contributed by atoms with van der Waals surface area (Å²) in [6, 6.07) is 15.5. The zero-order valence-electron chi connectivity index (χ0n) is 19.1. The van der Waals surface area contributed by atoms with Crippen molar-refractivity contribution < 1.29 is 9.59 Å². The Balaban J connectivity index is 1.39. The molecule has 172 valence electrons. The van der Waals surface area contributed by atoms with Crippen LogP contribution in [0.4, 0.5) is 11.4 Å². The molecule has 1 aliphatic heterocycles. The van der Waals surface area contributed by atoms with Gasteiger partial charge >= 0.3 is 0 Å². The summed E-state index contributed by atoms with van der Waals surface area (Å²) >= 11 is 6.10. The molecule has 0 bridgehead atoms. The standard InChI is InChI=1S/C24H32ClN5O2/c1-27(2)20-10-8-19(9-11-20)16-28(3)24(32)18-30-14-12-29(13-15-30)17-23(31)26-22-7-5-4-6-21(22)25/h4-11H,12-18H2,1-3H3,(H,26,31). The lowest BCUT2D eigenvalue weighted by molar-refractivity contribution is -0.132. The fourth-order valence-corrected chi connectivity index (χ4v) is 3.82. The highest BCUT2D eigenvalue weighted by molar-refractivity contribution is 6.33. The predicted molar refractivity (Wildman–Crippen MR) is 130 cm³/mol. The van der Waals surface area contributed by atoms with E-state index in [0.717, 1.165) is 37.4 Å². The van der Waals surface area contributed by atoms with Gasteiger partial charge in [0.25, 0.3) is 0 Å². The Morgan fingerprint density at radius 1 is 0.906 bits per heavy atom. The van der Waals surface area contributed by atoms with Gasteiger partial charge in [0.05, 0.1) is 23.8 Å². The molecule has 1 saturated heterocycles. The van der Waals surface area contributed by atoms with Gasteiger partial charge in [-0.15, -0.1) is 0 Å². The summed E-state index contributed by atoms with van der Waals surface area (Å²) in [7, 11) is 5.86. The third-order valence-electron chi connectivity index (χ3n) is 5.64. The number of para-hydroxylation sites is 1. The average molecular weight is 458 g/mol. The Hall–Kier alpha value is -2.61. The molecule has 2 aromatic rings. The van der Waals surface area contributed by atoms with Crippen molar-refractivity contribution in [3.63, 3.8) is 0 Å². The van der Waals surface area contributed by atoms with Crippen molar-refractivity contribution in [3.05, 3.63) is 59.1 Å². The highest BCUT2D eigenvalue weighted by Gasteiger charge is 2.22. The summed E-state index contributed by atoms with van der Waals surface area (Å²) in [5.41, 5.74) is 2.88. The third-order valence-corrected chi connectivity index (χ3v) is 5.97. The van der Waals surface area contributed by atoms with Crippen molar-refractivity contribution in [2.45, 2.75) is 6.54 Å². The Bertz CT molecular complexity index is 911. The molecule has 1 fully saturated rings. The molecule has 0 unspecified atom stereocenters. The van der Waals surface area contributed by atoms with Crippen LogP contribution in [0.1, 0.15) is 5.56 Å². The minimum absolute atomic E-state index is 0.0809. The second-order valence-electron chi connectivity index (χ2n) is 8.39. The van der Waals surface area contributed by atoms with Crippen LogP contribution in [0, 0.1) is 0 Å². The van der Waals surface area contributed by atoms with Gasteiger partial charge in [-0.05, 0) is 29.8 Å². The Morgan fingerprint density at radius 2 is 1.50 bits per heavy atom. The average Bonchev–Trinajstić information content (AvgIpc) is 2.77. The summed E-state index contributed by atoms with van der Waals surface area (Å²) < 4.78 is 0. The number of rotatable bonds is 8. The van der Waals surface area contributed by atoms with Crippen LogP contribution in [0.2, 0.25) is 5.02 Å². The number of amides is 2. The molecule has 0 aromatic heterocycles. The minimum Gasteiger partial charge on any atom is -0.378 e. The van der Waals surface area contributed by atoms with E-state index in [2.05, 4.69) is 44.3 Å². The quantitative estimate of drug-likeness (QED) is 0.660. The Kier molecular flexibility index (Phi) is 8.50. The van der Waals surface area contributed by atoms with Crippen molar-refractivity contribution in [1.82, 2.24) is 14.7 Å². The van der Waals surface area contributed by atoms with Gasteiger partial charge in [0.2, 0.25) is 11.8 Å². The smallest absolute Gasteiger partial charge is 0.238 e. The first-order valence-corrected chi connectivity index (χ1v) is 11.2. The van der Waals surface area contributed by atoms with Crippen molar-refractivity contribution in [3.8, 4) is 0 Å². The van der Waals surface area contributed by atoms with E-state index in [0.29, 0.717) is 30.3 Å². The zero-order chi connectivity index (χ0) is 23.1. The maximum atomic E-state index is 12.7. The Morgan fingerprint density at radius 3 is 2.09 bits per heavy atom. The topological polar surface area (TPSA) is 59.1 Å². The van der Waals surface area contributed by atoms with Gasteiger partial charge in [0, 0.05) is 59.6 Å². The molecule has 1 aliphatic rings. The van der Waals surface area contributed by atoms with Gasteiger partial charge in [-0.1, -0.05) is 35.9 Å². The van der Waals surface area contributed by atoms with Crippen LogP contribution in [0.25, 0.3) is 0 Å². The minimum atomic E-state index is -0.0809. The molecule has 0 atom stereocenters. The van der Waals surface area contributed by atoms with Crippen molar-refractivity contribution in [1.29, 1.82) is 0 Å². The highest BCUT2D eigenvalue weighted by atomic mass is 35.5. The second kappa shape index (κ2) is 11.3. The number of nitrogens with zero attached hydrogens (tertiary/aromatic N) is 4. The summed E-state index contributed by atoms with van der Waals surface area (Å²) in [5.74, 6) is 0.0224. The molecular formula is C24H32ClN5O2. The number of carbonyl (C=O) groups excluding carboxylic acids is 2. The second-order valence-corrected chi connectivity index (χ2v) is 8.80. The van der Waals surface area contributed by atoms with Crippen LogP contribution in [0.15, 0.2) is 48.5 Å². The largest absolute Gasteiger partial charge is 0.378 e. The molecule has 1 heterocycles. The highest BCUT2D eigenvalue weighted by Crippen LogP contribution is 2.20. The first kappa shape index (κ1) is 24.0. The number of halogens is 1. The predicted octanol–water partition coefficient (Wildman–Crippen LogP) is 2.62. The summed E-state index contributed by atoms with van der Waals surface area (Å²) in [6.07, 6.45) is 0. The lowest BCUT2D eigenvalue weighted by Gasteiger charge is -2.34. The van der Waals surface area contributed by atoms with Gasteiger partial charge in [0.15, 0.2) is 0 Å². The SMILES string of the molecule is CN(Cc1ccc(N(C)C)cc1)C(=O)CN1CCN(CC(=O)Nc2ccccc2Cl)CC1. The molecule has 3 rings (SSSR count). The van der Waals surface area contributed by atoms with Crippen molar-refractivity contribution in [2.75, 3.05) is 70.6 Å². The lowest BCUT2D eigenvalue weighted by Crippen LogP contribution is -2.51. The molecule has 0 saturated carbocycles. The van der Waals surface area contributed by atoms with Crippen LogP contribution < -0.4 is 10.2 Å². The first-order chi connectivity index (χ1) is 15.3. The number of hydrogen-bond donors (Lipinski definition) is 1. The van der Waals surface area contributed by atoms with E-state index in [4.69, 9.17) is 11.6 Å². The molecular weight excluding hydrogens is 426 g/mol. The van der Waals surface area contributed by atoms with Crippen molar-refractivity contribution >= 4 is 34.8 Å². The molecule has 2 aromatic carbocycles. The van der Waals surface area contributed by atoms with E-state index in [-0.39, 0.29) is 11.8 Å². The summed E-state index contributed by atoms with van der Waals surface area (Å²) in [4.78, 5) is 33.1. The molecule has 8 heteroatoms. The van der Waals surface area contributed by atoms with Gasteiger partial charge in [-0.25, -0.2) is 0 Å². The molecule has 2 amide bonds. The van der Waals surface area contributed by atoms with Gasteiger partial charge in [0.1, 0.15) is 0 Å². The fraction of sp³-hybridized carbons (Fsp3) is 0.417. The molecule has 1 N–H and O–H groups in total. The monoisotopic (exact) mass is 457 g/mol. The molecule has 0 aliphatic carbocycles. The lowest BCUT2D eigenvalue weighted by atomic mass is 10.2. The molecule has 0 spiro atoms. The van der Waals surface area contributed by atoms with E-state index in [1.807, 2.05) is 33.3 Å². The van der Waals surface area contributed by atoms with E-state index in [1.165, 1.54) is 0 Å². The number of anilines is 2. The number of benzene rings is 2. The maximum Gasteiger partial charge on any atom is 0.238 e. The van der Waals surface area contributed by atoms with Crippen LogP contribution in [0.5, 0.6) is 0 Å². The van der Waals surface area contributed by atoms with E-state index in [9.17, 15) is 9.59 Å². The maximum absolute atomic E-state index is 12.7. The molecule has 7 nitrogen and oxygen atoms in total. The van der Waals surface area contributed by atoms with E-state index < -0.39 is 0 Å². The van der Waals surface area contributed by atoms with Crippen LogP contribution in [0.3, 0.4) is 0 Å². The third kappa shape index (κ3) is 6.95. The van der Waals surface area contributed by atoms with Crippen LogP contribution >= 0.6 is 11.6 Å². The zero-order valence-corrected chi connectivity index (χ0v) is 19.8. The number of nitrogens with one attached hydrogen (secondary N) is 1. The normalized spacial score (nSPS) is 14.8. The van der Waals surface area contributed by atoms with Gasteiger partial charge < -0.3 is 15.1 Å². The van der Waals surface area contributed by atoms with Gasteiger partial charge in [-0.2, -0.15) is 0 Å². The fourth-order valence-electron chi connectivity index (χ4n) is 3.63. The number of likely N-dealkylation sites (N-methyl/N-ethyl adjacent to an activating group) is 1. The molecule has 0 radical (unpaired) electrons. The van der Waals surface area contributed by atoms with Crippen LogP contribution in [-0.4, -0.2) is 86.9 Å². The summed E-state index contributed by atoms with van der Waals surface area (Å²) in [6.45, 7) is 4.32. The van der Waals surface area contributed by atoms with E-state index >= 15 is 0 Å². The Labute approximate surface area is 195 Å². The number of carbonyl (C=O) groups is 2.